The highest BCUT2D eigenvalue weighted by atomic mass is 32.1. The molecule has 0 spiro atoms. The first-order valence-electron chi connectivity index (χ1n) is 8.60. The molecule has 1 aromatic carbocycles. The van der Waals surface area contributed by atoms with E-state index < -0.39 is 11.4 Å². The van der Waals surface area contributed by atoms with Crippen LogP contribution in [0.15, 0.2) is 41.8 Å². The summed E-state index contributed by atoms with van der Waals surface area (Å²) < 4.78 is 0. The Morgan fingerprint density at radius 2 is 2.00 bits per heavy atom. The normalized spacial score (nSPS) is 21.4. The minimum Gasteiger partial charge on any atom is -0.481 e. The van der Waals surface area contributed by atoms with Gasteiger partial charge in [-0.15, -0.1) is 11.3 Å². The van der Waals surface area contributed by atoms with E-state index in [1.807, 2.05) is 37.3 Å². The first-order chi connectivity index (χ1) is 12.0. The molecule has 1 heterocycles. The predicted molar refractivity (Wildman–Crippen MR) is 99.0 cm³/mol. The number of carboxylic acid groups (broad SMARTS) is 1. The Morgan fingerprint density at radius 1 is 1.28 bits per heavy atom. The van der Waals surface area contributed by atoms with Crippen molar-refractivity contribution in [3.05, 3.63) is 57.8 Å². The summed E-state index contributed by atoms with van der Waals surface area (Å²) in [4.78, 5) is 25.8. The minimum atomic E-state index is -1.08. The van der Waals surface area contributed by atoms with E-state index in [1.165, 1.54) is 10.4 Å². The third-order valence-electron chi connectivity index (χ3n) is 5.27. The van der Waals surface area contributed by atoms with Gasteiger partial charge in [0.25, 0.3) is 0 Å². The Labute approximate surface area is 151 Å². The number of carboxylic acids is 1. The maximum Gasteiger partial charge on any atom is 0.315 e. The number of aryl methyl sites for hydroxylation is 1. The van der Waals surface area contributed by atoms with Crippen LogP contribution < -0.4 is 5.32 Å². The molecule has 2 aromatic rings. The van der Waals surface area contributed by atoms with Gasteiger partial charge in [-0.1, -0.05) is 37.3 Å². The largest absolute Gasteiger partial charge is 0.481 e. The van der Waals surface area contributed by atoms with Gasteiger partial charge in [0.1, 0.15) is 5.41 Å². The lowest BCUT2D eigenvalue weighted by Crippen LogP contribution is -2.46. The standard InChI is InChI=1S/C20H23NO3S/c1-3-20(19(23)24,14-7-5-4-6-8-14)12-21-18(22)16-11-15(16)17-13(2)9-10-25-17/h4-10,15-16H,3,11-12H2,1-2H3,(H,21,22)(H,23,24). The summed E-state index contributed by atoms with van der Waals surface area (Å²) in [6, 6.07) is 11.2. The Balaban J connectivity index is 1.69. The van der Waals surface area contributed by atoms with Gasteiger partial charge >= 0.3 is 5.97 Å². The van der Waals surface area contributed by atoms with E-state index in [4.69, 9.17) is 0 Å². The van der Waals surface area contributed by atoms with E-state index in [0.717, 1.165) is 12.0 Å². The zero-order chi connectivity index (χ0) is 18.0. The lowest BCUT2D eigenvalue weighted by atomic mass is 9.78. The van der Waals surface area contributed by atoms with Gasteiger partial charge in [-0.25, -0.2) is 0 Å². The first kappa shape index (κ1) is 17.7. The highest BCUT2D eigenvalue weighted by Gasteiger charge is 2.46. The number of carbonyl (C=O) groups is 2. The van der Waals surface area contributed by atoms with Crippen LogP contribution in [0, 0.1) is 12.8 Å². The average Bonchev–Trinajstić information content (AvgIpc) is 3.30. The molecule has 1 aliphatic carbocycles. The van der Waals surface area contributed by atoms with Crippen molar-refractivity contribution in [1.82, 2.24) is 5.32 Å². The third-order valence-corrected chi connectivity index (χ3v) is 6.42. The van der Waals surface area contributed by atoms with Crippen molar-refractivity contribution in [2.75, 3.05) is 6.54 Å². The fraction of sp³-hybridized carbons (Fsp3) is 0.400. The number of carbonyl (C=O) groups excluding carboxylic acids is 1. The molecule has 0 radical (unpaired) electrons. The van der Waals surface area contributed by atoms with Crippen molar-refractivity contribution in [1.29, 1.82) is 0 Å². The fourth-order valence-electron chi connectivity index (χ4n) is 3.45. The Bertz CT molecular complexity index is 770. The molecular formula is C20H23NO3S. The maximum absolute atomic E-state index is 12.5. The molecule has 0 bridgehead atoms. The number of benzene rings is 1. The van der Waals surface area contributed by atoms with Gasteiger partial charge in [0.15, 0.2) is 0 Å². The third kappa shape index (κ3) is 3.33. The van der Waals surface area contributed by atoms with Gasteiger partial charge in [0.05, 0.1) is 0 Å². The molecule has 4 nitrogen and oxygen atoms in total. The molecule has 3 rings (SSSR count). The van der Waals surface area contributed by atoms with E-state index in [9.17, 15) is 14.7 Å². The van der Waals surface area contributed by atoms with E-state index in [0.29, 0.717) is 6.42 Å². The topological polar surface area (TPSA) is 66.4 Å². The number of nitrogens with one attached hydrogen (secondary N) is 1. The van der Waals surface area contributed by atoms with Crippen LogP contribution in [0.3, 0.4) is 0 Å². The van der Waals surface area contributed by atoms with Crippen LogP contribution in [0.2, 0.25) is 0 Å². The van der Waals surface area contributed by atoms with Crippen LogP contribution in [0.4, 0.5) is 0 Å². The second-order valence-electron chi connectivity index (χ2n) is 6.74. The van der Waals surface area contributed by atoms with Gasteiger partial charge in [-0.05, 0) is 42.3 Å². The van der Waals surface area contributed by atoms with E-state index in [-0.39, 0.29) is 24.3 Å². The number of thiophene rings is 1. The van der Waals surface area contributed by atoms with E-state index in [2.05, 4.69) is 23.7 Å². The zero-order valence-electron chi connectivity index (χ0n) is 14.5. The highest BCUT2D eigenvalue weighted by Crippen LogP contribution is 2.50. The van der Waals surface area contributed by atoms with Crippen molar-refractivity contribution < 1.29 is 14.7 Å². The molecule has 1 aliphatic rings. The SMILES string of the molecule is CCC(CNC(=O)C1CC1c1sccc1C)(C(=O)O)c1ccccc1. The van der Waals surface area contributed by atoms with Gasteiger partial charge in [0.2, 0.25) is 5.91 Å². The van der Waals surface area contributed by atoms with Crippen LogP contribution in [-0.4, -0.2) is 23.5 Å². The van der Waals surface area contributed by atoms with Crippen molar-refractivity contribution in [3.8, 4) is 0 Å². The zero-order valence-corrected chi connectivity index (χ0v) is 15.3. The first-order valence-corrected chi connectivity index (χ1v) is 9.48. The predicted octanol–water partition coefficient (Wildman–Crippen LogP) is 3.71. The minimum absolute atomic E-state index is 0.0310. The Kier molecular flexibility index (Phi) is 4.95. The number of hydrogen-bond donors (Lipinski definition) is 2. The maximum atomic E-state index is 12.5. The lowest BCUT2D eigenvalue weighted by Gasteiger charge is -2.29. The van der Waals surface area contributed by atoms with Crippen LogP contribution in [0.1, 0.15) is 41.7 Å². The number of rotatable bonds is 7. The van der Waals surface area contributed by atoms with Crippen LogP contribution in [0.5, 0.6) is 0 Å². The Morgan fingerprint density at radius 3 is 2.56 bits per heavy atom. The molecule has 25 heavy (non-hydrogen) atoms. The van der Waals surface area contributed by atoms with Crippen LogP contribution in [-0.2, 0) is 15.0 Å². The summed E-state index contributed by atoms with van der Waals surface area (Å²) >= 11 is 1.70. The smallest absolute Gasteiger partial charge is 0.315 e. The summed E-state index contributed by atoms with van der Waals surface area (Å²) in [6.07, 6.45) is 1.27. The van der Waals surface area contributed by atoms with E-state index >= 15 is 0 Å². The molecule has 1 aromatic heterocycles. The van der Waals surface area contributed by atoms with Crippen molar-refractivity contribution in [2.45, 2.75) is 38.0 Å². The highest BCUT2D eigenvalue weighted by molar-refractivity contribution is 7.10. The molecular weight excluding hydrogens is 334 g/mol. The summed E-state index contributed by atoms with van der Waals surface area (Å²) in [5, 5.41) is 14.8. The second kappa shape index (κ2) is 7.00. The van der Waals surface area contributed by atoms with E-state index in [1.54, 1.807) is 11.3 Å². The molecule has 1 saturated carbocycles. The molecule has 1 fully saturated rings. The molecule has 1 amide bonds. The lowest BCUT2D eigenvalue weighted by molar-refractivity contribution is -0.144. The van der Waals surface area contributed by atoms with Crippen molar-refractivity contribution >= 4 is 23.2 Å². The summed E-state index contributed by atoms with van der Waals surface area (Å²) in [6.45, 7) is 4.04. The molecule has 3 atom stereocenters. The van der Waals surface area contributed by atoms with Gasteiger partial charge in [-0.2, -0.15) is 0 Å². The monoisotopic (exact) mass is 357 g/mol. The number of hydrogen-bond acceptors (Lipinski definition) is 3. The number of aliphatic carboxylic acids is 1. The van der Waals surface area contributed by atoms with Gasteiger partial charge in [0, 0.05) is 23.3 Å². The summed E-state index contributed by atoms with van der Waals surface area (Å²) in [5.74, 6) is -0.676. The molecule has 5 heteroatoms. The Hall–Kier alpha value is -2.14. The molecule has 0 saturated heterocycles. The van der Waals surface area contributed by atoms with Crippen LogP contribution in [0.25, 0.3) is 0 Å². The average molecular weight is 357 g/mol. The molecule has 0 aliphatic heterocycles. The van der Waals surface area contributed by atoms with Gasteiger partial charge in [-0.3, -0.25) is 9.59 Å². The fourth-order valence-corrected chi connectivity index (χ4v) is 4.55. The molecule has 2 N–H and O–H groups in total. The van der Waals surface area contributed by atoms with Crippen LogP contribution >= 0.6 is 11.3 Å². The summed E-state index contributed by atoms with van der Waals surface area (Å²) in [7, 11) is 0. The molecule has 132 valence electrons. The van der Waals surface area contributed by atoms with Crippen molar-refractivity contribution in [2.24, 2.45) is 5.92 Å². The van der Waals surface area contributed by atoms with Gasteiger partial charge < -0.3 is 10.4 Å². The van der Waals surface area contributed by atoms with Crippen molar-refractivity contribution in [3.63, 3.8) is 0 Å². The second-order valence-corrected chi connectivity index (χ2v) is 7.69. The molecule has 3 unspecified atom stereocenters. The quantitative estimate of drug-likeness (QED) is 0.794. The number of amides is 1. The summed E-state index contributed by atoms with van der Waals surface area (Å²) in [5.41, 5.74) is 0.884.